The van der Waals surface area contributed by atoms with Gasteiger partial charge in [-0.3, -0.25) is 14.5 Å². The first-order valence-corrected chi connectivity index (χ1v) is 8.90. The van der Waals surface area contributed by atoms with E-state index < -0.39 is 4.87 Å². The number of anilines is 2. The molecule has 0 bridgehead atoms. The maximum atomic E-state index is 12.9. The molecule has 2 heterocycles. The third kappa shape index (κ3) is 1.98. The molecule has 4 nitrogen and oxygen atoms in total. The number of hydrogen-bond donors (Lipinski definition) is 1. The third-order valence-corrected chi connectivity index (χ3v) is 6.12. The molecule has 0 radical (unpaired) electrons. The molecule has 2 atom stereocenters. The van der Waals surface area contributed by atoms with Crippen molar-refractivity contribution >= 4 is 50.9 Å². The number of nitrogens with zero attached hydrogens (tertiary/aromatic N) is 1. The fraction of sp³-hybridized carbons (Fsp3) is 0.176. The van der Waals surface area contributed by atoms with E-state index in [4.69, 9.17) is 0 Å². The van der Waals surface area contributed by atoms with Crippen molar-refractivity contribution in [1.82, 2.24) is 0 Å². The van der Waals surface area contributed by atoms with Crippen LogP contribution in [-0.2, 0) is 14.5 Å². The highest BCUT2D eigenvalue weighted by Crippen LogP contribution is 2.56. The van der Waals surface area contributed by atoms with Crippen molar-refractivity contribution in [2.75, 3.05) is 10.2 Å². The molecule has 4 rings (SSSR count). The lowest BCUT2D eigenvalue weighted by Crippen LogP contribution is -2.47. The van der Waals surface area contributed by atoms with Crippen LogP contribution in [0.5, 0.6) is 0 Å². The minimum absolute atomic E-state index is 0.0556. The number of hydrogen-bond acceptors (Lipinski definition) is 3. The van der Waals surface area contributed by atoms with Crippen molar-refractivity contribution in [1.29, 1.82) is 0 Å². The lowest BCUT2D eigenvalue weighted by Gasteiger charge is -2.32. The topological polar surface area (TPSA) is 49.4 Å². The van der Waals surface area contributed by atoms with Crippen LogP contribution in [0, 0.1) is 0 Å². The monoisotopic (exact) mass is 388 g/mol. The standard InChI is InChI=1S/C17H13BrN2O2S/c1-10-15(21)20(12-6-4-5-11(18)9-12)17(23-10)13-7-2-3-8-14(13)19-16(17)22/h2-10H,1H3,(H,19,22)/t10-,17-/m0/s1. The van der Waals surface area contributed by atoms with Crippen molar-refractivity contribution in [3.05, 3.63) is 58.6 Å². The maximum Gasteiger partial charge on any atom is 0.266 e. The third-order valence-electron chi connectivity index (χ3n) is 4.14. The minimum atomic E-state index is -1.03. The van der Waals surface area contributed by atoms with Gasteiger partial charge < -0.3 is 5.32 Å². The fourth-order valence-electron chi connectivity index (χ4n) is 3.18. The van der Waals surface area contributed by atoms with Crippen molar-refractivity contribution in [3.8, 4) is 0 Å². The summed E-state index contributed by atoms with van der Waals surface area (Å²) in [6, 6.07) is 15.1. The van der Waals surface area contributed by atoms with Crippen molar-refractivity contribution in [3.63, 3.8) is 0 Å². The van der Waals surface area contributed by atoms with Crippen LogP contribution in [0.4, 0.5) is 11.4 Å². The smallest absolute Gasteiger partial charge is 0.266 e. The Morgan fingerprint density at radius 2 is 1.96 bits per heavy atom. The number of carbonyl (C=O) groups excluding carboxylic acids is 2. The van der Waals surface area contributed by atoms with Gasteiger partial charge in [0.15, 0.2) is 0 Å². The Kier molecular flexibility index (Phi) is 3.28. The fourth-order valence-corrected chi connectivity index (χ4v) is 5.05. The summed E-state index contributed by atoms with van der Waals surface area (Å²) in [6.45, 7) is 1.85. The second-order valence-corrected chi connectivity index (χ2v) is 8.01. The zero-order valence-electron chi connectivity index (χ0n) is 12.2. The molecule has 0 aromatic heterocycles. The first-order chi connectivity index (χ1) is 11.0. The Morgan fingerprint density at radius 1 is 1.17 bits per heavy atom. The SMILES string of the molecule is C[C@@H]1S[C@@]2(C(=O)Nc3ccccc32)N(c2cccc(Br)c2)C1=O. The van der Waals surface area contributed by atoms with Gasteiger partial charge in [-0.2, -0.15) is 0 Å². The summed E-state index contributed by atoms with van der Waals surface area (Å²) in [4.78, 5) is 26.3. The predicted octanol–water partition coefficient (Wildman–Crippen LogP) is 3.72. The molecule has 0 unspecified atom stereocenters. The first kappa shape index (κ1) is 14.8. The van der Waals surface area contributed by atoms with E-state index in [9.17, 15) is 9.59 Å². The van der Waals surface area contributed by atoms with E-state index in [1.54, 1.807) is 4.90 Å². The highest BCUT2D eigenvalue weighted by molar-refractivity contribution is 9.10. The zero-order valence-corrected chi connectivity index (χ0v) is 14.6. The van der Waals surface area contributed by atoms with E-state index in [0.29, 0.717) is 5.69 Å². The normalized spacial score (nSPS) is 25.8. The Morgan fingerprint density at radius 3 is 2.74 bits per heavy atom. The summed E-state index contributed by atoms with van der Waals surface area (Å²) < 4.78 is 0.870. The van der Waals surface area contributed by atoms with Gasteiger partial charge in [0.25, 0.3) is 5.91 Å². The molecule has 0 saturated carbocycles. The average molecular weight is 389 g/mol. The molecule has 2 amide bonds. The van der Waals surface area contributed by atoms with E-state index in [-0.39, 0.29) is 17.1 Å². The molecule has 2 aliphatic heterocycles. The van der Waals surface area contributed by atoms with Crippen LogP contribution in [0.3, 0.4) is 0 Å². The quantitative estimate of drug-likeness (QED) is 0.809. The molecule has 1 fully saturated rings. The number of benzene rings is 2. The van der Waals surface area contributed by atoms with Gasteiger partial charge in [0.1, 0.15) is 0 Å². The van der Waals surface area contributed by atoms with Crippen LogP contribution in [0.25, 0.3) is 0 Å². The second-order valence-electron chi connectivity index (χ2n) is 5.56. The van der Waals surface area contributed by atoms with Crippen LogP contribution >= 0.6 is 27.7 Å². The lowest BCUT2D eigenvalue weighted by atomic mass is 10.0. The summed E-state index contributed by atoms with van der Waals surface area (Å²) >= 11 is 4.84. The number of amides is 2. The van der Waals surface area contributed by atoms with E-state index in [2.05, 4.69) is 21.2 Å². The van der Waals surface area contributed by atoms with Gasteiger partial charge in [-0.25, -0.2) is 0 Å². The summed E-state index contributed by atoms with van der Waals surface area (Å²) in [6.07, 6.45) is 0. The van der Waals surface area contributed by atoms with Crippen LogP contribution in [0.15, 0.2) is 53.0 Å². The largest absolute Gasteiger partial charge is 0.323 e. The average Bonchev–Trinajstić information content (AvgIpc) is 2.95. The molecule has 23 heavy (non-hydrogen) atoms. The van der Waals surface area contributed by atoms with Crippen molar-refractivity contribution in [2.45, 2.75) is 17.0 Å². The Labute approximate surface area is 146 Å². The molecular formula is C17H13BrN2O2S. The first-order valence-electron chi connectivity index (χ1n) is 7.22. The molecule has 0 aliphatic carbocycles. The Bertz CT molecular complexity index is 841. The molecule has 1 saturated heterocycles. The summed E-state index contributed by atoms with van der Waals surface area (Å²) in [7, 11) is 0. The van der Waals surface area contributed by atoms with Crippen LogP contribution in [-0.4, -0.2) is 17.1 Å². The van der Waals surface area contributed by atoms with Gasteiger partial charge in [-0.1, -0.05) is 40.2 Å². The van der Waals surface area contributed by atoms with E-state index >= 15 is 0 Å². The number of fused-ring (bicyclic) bond motifs is 2. The van der Waals surface area contributed by atoms with Gasteiger partial charge in [-0.05, 0) is 31.2 Å². The second kappa shape index (κ2) is 5.11. The van der Waals surface area contributed by atoms with E-state index in [1.165, 1.54) is 11.8 Å². The van der Waals surface area contributed by atoms with Crippen LogP contribution in [0.1, 0.15) is 12.5 Å². The lowest BCUT2D eigenvalue weighted by molar-refractivity contribution is -0.122. The molecule has 1 spiro atoms. The Balaban J connectivity index is 1.96. The molecule has 2 aromatic rings. The van der Waals surface area contributed by atoms with Gasteiger partial charge in [0.05, 0.1) is 5.25 Å². The van der Waals surface area contributed by atoms with E-state index in [0.717, 1.165) is 15.7 Å². The van der Waals surface area contributed by atoms with E-state index in [1.807, 2.05) is 55.5 Å². The Hall–Kier alpha value is -1.79. The molecule has 2 aromatic carbocycles. The van der Waals surface area contributed by atoms with Crippen LogP contribution in [0.2, 0.25) is 0 Å². The number of halogens is 1. The molecule has 6 heteroatoms. The van der Waals surface area contributed by atoms with Gasteiger partial charge in [0, 0.05) is 21.4 Å². The van der Waals surface area contributed by atoms with Gasteiger partial charge in [-0.15, -0.1) is 11.8 Å². The number of nitrogens with one attached hydrogen (secondary N) is 1. The van der Waals surface area contributed by atoms with Gasteiger partial charge >= 0.3 is 0 Å². The van der Waals surface area contributed by atoms with Crippen molar-refractivity contribution in [2.24, 2.45) is 0 Å². The summed E-state index contributed by atoms with van der Waals surface area (Å²) in [5, 5.41) is 2.63. The summed E-state index contributed by atoms with van der Waals surface area (Å²) in [5.41, 5.74) is 2.33. The van der Waals surface area contributed by atoms with Crippen LogP contribution < -0.4 is 10.2 Å². The van der Waals surface area contributed by atoms with Crippen molar-refractivity contribution < 1.29 is 9.59 Å². The molecule has 1 N–H and O–H groups in total. The van der Waals surface area contributed by atoms with Gasteiger partial charge in [0.2, 0.25) is 10.8 Å². The number of carbonyl (C=O) groups is 2. The maximum absolute atomic E-state index is 12.9. The molecule has 116 valence electrons. The molecular weight excluding hydrogens is 376 g/mol. The minimum Gasteiger partial charge on any atom is -0.323 e. The number of thioether (sulfide) groups is 1. The molecule has 2 aliphatic rings. The predicted molar refractivity (Wildman–Crippen MR) is 95.4 cm³/mol. The number of rotatable bonds is 1. The number of para-hydroxylation sites is 1. The highest BCUT2D eigenvalue weighted by Gasteiger charge is 2.60. The summed E-state index contributed by atoms with van der Waals surface area (Å²) in [5.74, 6) is -0.221. The highest BCUT2D eigenvalue weighted by atomic mass is 79.9. The zero-order chi connectivity index (χ0) is 16.2.